The minimum absolute atomic E-state index is 0.148. The van der Waals surface area contributed by atoms with E-state index >= 15 is 0 Å². The molecule has 0 radical (unpaired) electrons. The fourth-order valence-electron chi connectivity index (χ4n) is 1.77. The van der Waals surface area contributed by atoms with Gasteiger partial charge in [-0.25, -0.2) is 4.98 Å². The van der Waals surface area contributed by atoms with Crippen LogP contribution in [-0.4, -0.2) is 44.6 Å². The Morgan fingerprint density at radius 2 is 2.47 bits per heavy atom. The van der Waals surface area contributed by atoms with E-state index in [0.717, 1.165) is 0 Å². The molecule has 0 aromatic carbocycles. The summed E-state index contributed by atoms with van der Waals surface area (Å²) in [6, 6.07) is -0.148. The van der Waals surface area contributed by atoms with Crippen LogP contribution in [0, 0.1) is 0 Å². The molecule has 0 amide bonds. The zero-order valence-electron chi connectivity index (χ0n) is 9.25. The number of H-pyrrole nitrogens is 1. The van der Waals surface area contributed by atoms with E-state index in [-0.39, 0.29) is 6.04 Å². The Kier molecular flexibility index (Phi) is 2.20. The highest BCUT2D eigenvalue weighted by atomic mass is 16.5. The van der Waals surface area contributed by atoms with Crippen LogP contribution in [0.4, 0.5) is 0 Å². The van der Waals surface area contributed by atoms with E-state index in [1.54, 1.807) is 0 Å². The number of rotatable bonds is 2. The van der Waals surface area contributed by atoms with Crippen LogP contribution in [0.3, 0.4) is 0 Å². The zero-order chi connectivity index (χ0) is 11.9. The Labute approximate surface area is 96.6 Å². The van der Waals surface area contributed by atoms with Gasteiger partial charge in [0, 0.05) is 6.04 Å². The van der Waals surface area contributed by atoms with Gasteiger partial charge in [-0.3, -0.25) is 5.10 Å². The second-order valence-electron chi connectivity index (χ2n) is 4.30. The van der Waals surface area contributed by atoms with Crippen LogP contribution in [0.5, 0.6) is 0 Å². The fourth-order valence-corrected chi connectivity index (χ4v) is 1.77. The van der Waals surface area contributed by atoms with Crippen LogP contribution in [0.15, 0.2) is 10.9 Å². The molecule has 2 aromatic rings. The number of hydrogen-bond acceptors (Lipinski definition) is 7. The van der Waals surface area contributed by atoms with Crippen molar-refractivity contribution in [1.29, 1.82) is 0 Å². The summed E-state index contributed by atoms with van der Waals surface area (Å²) < 4.78 is 10.6. The predicted molar refractivity (Wildman–Crippen MR) is 55.8 cm³/mol. The third-order valence-electron chi connectivity index (χ3n) is 3.06. The highest BCUT2D eigenvalue weighted by Gasteiger charge is 2.44. The molecule has 3 rings (SSSR count). The van der Waals surface area contributed by atoms with Crippen molar-refractivity contribution in [2.75, 3.05) is 13.2 Å². The van der Waals surface area contributed by atoms with E-state index in [1.165, 1.54) is 6.33 Å². The molecule has 1 fully saturated rings. The van der Waals surface area contributed by atoms with Gasteiger partial charge in [0.15, 0.2) is 5.82 Å². The quantitative estimate of drug-likeness (QED) is 0.719. The molecular formula is C9H12N6O2. The Morgan fingerprint density at radius 3 is 3.12 bits per heavy atom. The van der Waals surface area contributed by atoms with Crippen LogP contribution >= 0.6 is 0 Å². The summed E-state index contributed by atoms with van der Waals surface area (Å²) >= 11 is 0. The number of nitrogens with two attached hydrogens (primary N) is 1. The number of nitrogens with zero attached hydrogens (tertiary/aromatic N) is 4. The molecule has 1 aliphatic heterocycles. The molecule has 2 unspecified atom stereocenters. The predicted octanol–water partition coefficient (Wildman–Crippen LogP) is -0.530. The highest BCUT2D eigenvalue weighted by molar-refractivity contribution is 5.40. The second kappa shape index (κ2) is 3.60. The molecule has 3 heterocycles. The maximum atomic E-state index is 5.98. The van der Waals surface area contributed by atoms with Crippen molar-refractivity contribution in [2.45, 2.75) is 18.4 Å². The van der Waals surface area contributed by atoms with Gasteiger partial charge in [0.2, 0.25) is 11.7 Å². The third kappa shape index (κ3) is 1.53. The summed E-state index contributed by atoms with van der Waals surface area (Å²) in [5.74, 6) is 1.31. The van der Waals surface area contributed by atoms with E-state index in [9.17, 15) is 0 Å². The van der Waals surface area contributed by atoms with Crippen LogP contribution in [0.2, 0.25) is 0 Å². The summed E-state index contributed by atoms with van der Waals surface area (Å²) in [6.07, 6.45) is 1.39. The molecule has 8 heteroatoms. The Morgan fingerprint density at radius 1 is 1.59 bits per heavy atom. The molecule has 8 nitrogen and oxygen atoms in total. The number of aromatic nitrogens is 5. The molecule has 0 bridgehead atoms. The summed E-state index contributed by atoms with van der Waals surface area (Å²) in [5.41, 5.74) is 5.55. The van der Waals surface area contributed by atoms with Gasteiger partial charge in [0.05, 0.1) is 18.6 Å². The average Bonchev–Trinajstić information content (AvgIpc) is 3.01. The summed E-state index contributed by atoms with van der Waals surface area (Å²) in [5, 5.41) is 10.3. The smallest absolute Gasteiger partial charge is 0.239 e. The normalized spacial score (nSPS) is 28.7. The number of nitrogens with one attached hydrogen (secondary N) is 1. The lowest BCUT2D eigenvalue weighted by atomic mass is 9.86. The molecule has 0 saturated carbocycles. The molecule has 1 aliphatic rings. The first-order chi connectivity index (χ1) is 8.20. The van der Waals surface area contributed by atoms with Crippen molar-refractivity contribution in [3.8, 4) is 11.6 Å². The van der Waals surface area contributed by atoms with E-state index in [0.29, 0.717) is 30.8 Å². The Bertz CT molecular complexity index is 509. The fraction of sp³-hybridized carbons (Fsp3) is 0.556. The van der Waals surface area contributed by atoms with Gasteiger partial charge in [-0.05, 0) is 6.92 Å². The van der Waals surface area contributed by atoms with E-state index in [2.05, 4.69) is 25.3 Å². The first-order valence-corrected chi connectivity index (χ1v) is 5.23. The minimum atomic E-state index is -0.439. The van der Waals surface area contributed by atoms with Crippen molar-refractivity contribution in [1.82, 2.24) is 25.3 Å². The van der Waals surface area contributed by atoms with Gasteiger partial charge in [0.25, 0.3) is 0 Å². The van der Waals surface area contributed by atoms with Gasteiger partial charge in [-0.2, -0.15) is 10.1 Å². The van der Waals surface area contributed by atoms with Crippen molar-refractivity contribution in [3.63, 3.8) is 0 Å². The van der Waals surface area contributed by atoms with Gasteiger partial charge in [-0.1, -0.05) is 5.16 Å². The summed E-state index contributed by atoms with van der Waals surface area (Å²) in [6.45, 7) is 2.92. The molecule has 1 saturated heterocycles. The summed E-state index contributed by atoms with van der Waals surface area (Å²) in [4.78, 5) is 8.24. The second-order valence-corrected chi connectivity index (χ2v) is 4.30. The summed E-state index contributed by atoms with van der Waals surface area (Å²) in [7, 11) is 0. The molecule has 17 heavy (non-hydrogen) atoms. The molecule has 2 aromatic heterocycles. The molecule has 0 spiro atoms. The van der Waals surface area contributed by atoms with E-state index in [1.807, 2.05) is 6.92 Å². The number of aromatic amines is 1. The molecule has 2 atom stereocenters. The molecule has 90 valence electrons. The van der Waals surface area contributed by atoms with Gasteiger partial charge in [0.1, 0.15) is 6.33 Å². The topological polar surface area (TPSA) is 116 Å². The first-order valence-electron chi connectivity index (χ1n) is 5.23. The SMILES string of the molecule is CC1(c2nc(-c3ncn[nH]3)no2)COCC1N. The molecular weight excluding hydrogens is 224 g/mol. The zero-order valence-corrected chi connectivity index (χ0v) is 9.25. The van der Waals surface area contributed by atoms with E-state index in [4.69, 9.17) is 15.0 Å². The molecule has 0 aliphatic carbocycles. The van der Waals surface area contributed by atoms with Gasteiger partial charge < -0.3 is 15.0 Å². The monoisotopic (exact) mass is 236 g/mol. The van der Waals surface area contributed by atoms with Crippen LogP contribution in [-0.2, 0) is 10.2 Å². The number of hydrogen-bond donors (Lipinski definition) is 2. The van der Waals surface area contributed by atoms with Crippen molar-refractivity contribution in [3.05, 3.63) is 12.2 Å². The van der Waals surface area contributed by atoms with Crippen molar-refractivity contribution in [2.24, 2.45) is 5.73 Å². The van der Waals surface area contributed by atoms with Crippen LogP contribution in [0.1, 0.15) is 12.8 Å². The Balaban J connectivity index is 1.95. The van der Waals surface area contributed by atoms with Crippen molar-refractivity contribution < 1.29 is 9.26 Å². The third-order valence-corrected chi connectivity index (χ3v) is 3.06. The van der Waals surface area contributed by atoms with E-state index < -0.39 is 5.41 Å². The van der Waals surface area contributed by atoms with Gasteiger partial charge >= 0.3 is 0 Å². The largest absolute Gasteiger partial charge is 0.379 e. The lowest BCUT2D eigenvalue weighted by Gasteiger charge is -2.21. The average molecular weight is 236 g/mol. The first kappa shape index (κ1) is 10.4. The highest BCUT2D eigenvalue weighted by Crippen LogP contribution is 2.31. The lowest BCUT2D eigenvalue weighted by Crippen LogP contribution is -2.42. The lowest BCUT2D eigenvalue weighted by molar-refractivity contribution is 0.169. The maximum absolute atomic E-state index is 5.98. The van der Waals surface area contributed by atoms with Crippen LogP contribution in [0.25, 0.3) is 11.6 Å². The van der Waals surface area contributed by atoms with Gasteiger partial charge in [-0.15, -0.1) is 0 Å². The standard InChI is InChI=1S/C9H12N6O2/c1-9(3-16-2-5(9)10)8-13-7(15-17-8)6-11-4-12-14-6/h4-5H,2-3,10H2,1H3,(H,11,12,14). The minimum Gasteiger partial charge on any atom is -0.379 e. The Hall–Kier alpha value is -1.80. The molecule has 3 N–H and O–H groups in total. The number of ether oxygens (including phenoxy) is 1. The maximum Gasteiger partial charge on any atom is 0.239 e. The van der Waals surface area contributed by atoms with Crippen molar-refractivity contribution >= 4 is 0 Å². The van der Waals surface area contributed by atoms with Crippen LogP contribution < -0.4 is 5.73 Å².